The van der Waals surface area contributed by atoms with Gasteiger partial charge in [0.2, 0.25) is 0 Å². The molecule has 1 aromatic rings. The SMILES string of the molecule is CC(C)C(CCN)c1ccc(Br)cc1. The van der Waals surface area contributed by atoms with Crippen molar-refractivity contribution in [1.82, 2.24) is 0 Å². The van der Waals surface area contributed by atoms with Gasteiger partial charge in [0.15, 0.2) is 0 Å². The summed E-state index contributed by atoms with van der Waals surface area (Å²) in [6.45, 7) is 5.27. The van der Waals surface area contributed by atoms with Crippen molar-refractivity contribution in [3.8, 4) is 0 Å². The van der Waals surface area contributed by atoms with Crippen molar-refractivity contribution >= 4 is 15.9 Å². The molecule has 0 aromatic heterocycles. The van der Waals surface area contributed by atoms with Crippen LogP contribution in [0.15, 0.2) is 28.7 Å². The Morgan fingerprint density at radius 1 is 1.21 bits per heavy atom. The van der Waals surface area contributed by atoms with Crippen LogP contribution in [0.5, 0.6) is 0 Å². The molecule has 0 aliphatic carbocycles. The molecule has 2 heteroatoms. The maximum Gasteiger partial charge on any atom is 0.0175 e. The standard InChI is InChI=1S/C12H18BrN/c1-9(2)12(7-8-14)10-3-5-11(13)6-4-10/h3-6,9,12H,7-8,14H2,1-2H3. The first-order chi connectivity index (χ1) is 6.65. The number of hydrogen-bond acceptors (Lipinski definition) is 1. The number of nitrogens with two attached hydrogens (primary N) is 1. The van der Waals surface area contributed by atoms with Gasteiger partial charge in [-0.05, 0) is 42.5 Å². The summed E-state index contributed by atoms with van der Waals surface area (Å²) in [4.78, 5) is 0. The number of hydrogen-bond donors (Lipinski definition) is 1. The van der Waals surface area contributed by atoms with Crippen molar-refractivity contribution in [3.63, 3.8) is 0 Å². The Morgan fingerprint density at radius 3 is 2.21 bits per heavy atom. The molecule has 0 aliphatic heterocycles. The third kappa shape index (κ3) is 3.10. The minimum atomic E-state index is 0.591. The lowest BCUT2D eigenvalue weighted by Crippen LogP contribution is -2.12. The predicted molar refractivity (Wildman–Crippen MR) is 65.4 cm³/mol. The molecular weight excluding hydrogens is 238 g/mol. The zero-order valence-corrected chi connectivity index (χ0v) is 10.4. The van der Waals surface area contributed by atoms with Crippen LogP contribution in [0.3, 0.4) is 0 Å². The van der Waals surface area contributed by atoms with Crippen LogP contribution in [0.2, 0.25) is 0 Å². The van der Waals surface area contributed by atoms with E-state index in [4.69, 9.17) is 5.73 Å². The molecule has 2 N–H and O–H groups in total. The molecule has 0 fully saturated rings. The lowest BCUT2D eigenvalue weighted by molar-refractivity contribution is 0.473. The van der Waals surface area contributed by atoms with Gasteiger partial charge in [0.05, 0.1) is 0 Å². The summed E-state index contributed by atoms with van der Waals surface area (Å²) in [6, 6.07) is 8.57. The van der Waals surface area contributed by atoms with E-state index in [0.717, 1.165) is 17.4 Å². The van der Waals surface area contributed by atoms with Crippen LogP contribution in [0.1, 0.15) is 31.7 Å². The first-order valence-corrected chi connectivity index (χ1v) is 5.90. The monoisotopic (exact) mass is 255 g/mol. The zero-order valence-electron chi connectivity index (χ0n) is 8.83. The minimum absolute atomic E-state index is 0.591. The van der Waals surface area contributed by atoms with Crippen molar-refractivity contribution in [3.05, 3.63) is 34.3 Å². The molecule has 0 aliphatic rings. The molecule has 1 atom stereocenters. The van der Waals surface area contributed by atoms with Gasteiger partial charge in [-0.15, -0.1) is 0 Å². The Morgan fingerprint density at radius 2 is 1.79 bits per heavy atom. The normalized spacial score (nSPS) is 13.2. The quantitative estimate of drug-likeness (QED) is 0.876. The molecule has 0 saturated heterocycles. The van der Waals surface area contributed by atoms with E-state index in [1.54, 1.807) is 0 Å². The van der Waals surface area contributed by atoms with Gasteiger partial charge in [-0.3, -0.25) is 0 Å². The fourth-order valence-electron chi connectivity index (χ4n) is 1.77. The molecule has 1 unspecified atom stereocenters. The molecule has 0 radical (unpaired) electrons. The fourth-order valence-corrected chi connectivity index (χ4v) is 2.04. The van der Waals surface area contributed by atoms with E-state index >= 15 is 0 Å². The molecular formula is C12H18BrN. The summed E-state index contributed by atoms with van der Waals surface area (Å²) >= 11 is 3.45. The lowest BCUT2D eigenvalue weighted by atomic mass is 9.86. The van der Waals surface area contributed by atoms with Crippen molar-refractivity contribution in [2.45, 2.75) is 26.2 Å². The van der Waals surface area contributed by atoms with Gasteiger partial charge in [-0.2, -0.15) is 0 Å². The smallest absolute Gasteiger partial charge is 0.0175 e. The van der Waals surface area contributed by atoms with Crippen LogP contribution in [0.25, 0.3) is 0 Å². The van der Waals surface area contributed by atoms with Crippen molar-refractivity contribution in [1.29, 1.82) is 0 Å². The van der Waals surface area contributed by atoms with Gasteiger partial charge in [-0.1, -0.05) is 41.9 Å². The Hall–Kier alpha value is -0.340. The second kappa shape index (κ2) is 5.52. The lowest BCUT2D eigenvalue weighted by Gasteiger charge is -2.20. The first-order valence-electron chi connectivity index (χ1n) is 5.10. The minimum Gasteiger partial charge on any atom is -0.330 e. The van der Waals surface area contributed by atoms with E-state index in [9.17, 15) is 0 Å². The highest BCUT2D eigenvalue weighted by Crippen LogP contribution is 2.28. The van der Waals surface area contributed by atoms with E-state index < -0.39 is 0 Å². The summed E-state index contributed by atoms with van der Waals surface area (Å²) < 4.78 is 1.14. The van der Waals surface area contributed by atoms with Crippen LogP contribution in [0.4, 0.5) is 0 Å². The van der Waals surface area contributed by atoms with Crippen LogP contribution in [0, 0.1) is 5.92 Å². The summed E-state index contributed by atoms with van der Waals surface area (Å²) in [5.41, 5.74) is 7.02. The third-order valence-corrected chi connectivity index (χ3v) is 3.11. The Labute approximate surface area is 94.8 Å². The predicted octanol–water partition coefficient (Wildman–Crippen LogP) is 3.54. The second-order valence-corrected chi connectivity index (χ2v) is 4.90. The van der Waals surface area contributed by atoms with Crippen LogP contribution < -0.4 is 5.73 Å². The Balaban J connectivity index is 2.82. The molecule has 1 aromatic carbocycles. The van der Waals surface area contributed by atoms with Gasteiger partial charge < -0.3 is 5.73 Å². The van der Waals surface area contributed by atoms with E-state index in [0.29, 0.717) is 11.8 Å². The topological polar surface area (TPSA) is 26.0 Å². The molecule has 14 heavy (non-hydrogen) atoms. The van der Waals surface area contributed by atoms with Gasteiger partial charge in [0.25, 0.3) is 0 Å². The molecule has 1 rings (SSSR count). The van der Waals surface area contributed by atoms with Crippen LogP contribution >= 0.6 is 15.9 Å². The van der Waals surface area contributed by atoms with Gasteiger partial charge in [0.1, 0.15) is 0 Å². The second-order valence-electron chi connectivity index (χ2n) is 3.98. The highest BCUT2D eigenvalue weighted by molar-refractivity contribution is 9.10. The first kappa shape index (κ1) is 11.7. The van der Waals surface area contributed by atoms with Gasteiger partial charge in [0, 0.05) is 4.47 Å². The maximum atomic E-state index is 5.63. The average molecular weight is 256 g/mol. The summed E-state index contributed by atoms with van der Waals surface area (Å²) in [6.07, 6.45) is 1.07. The van der Waals surface area contributed by atoms with E-state index in [1.807, 2.05) is 0 Å². The largest absolute Gasteiger partial charge is 0.330 e. The highest BCUT2D eigenvalue weighted by Gasteiger charge is 2.14. The number of halogens is 1. The van der Waals surface area contributed by atoms with Gasteiger partial charge in [-0.25, -0.2) is 0 Å². The van der Waals surface area contributed by atoms with Crippen LogP contribution in [-0.2, 0) is 0 Å². The number of benzene rings is 1. The van der Waals surface area contributed by atoms with Crippen LogP contribution in [-0.4, -0.2) is 6.54 Å². The Kier molecular flexibility index (Phi) is 4.63. The van der Waals surface area contributed by atoms with E-state index in [2.05, 4.69) is 54.0 Å². The molecule has 78 valence electrons. The van der Waals surface area contributed by atoms with Crippen molar-refractivity contribution < 1.29 is 0 Å². The van der Waals surface area contributed by atoms with Crippen molar-refractivity contribution in [2.75, 3.05) is 6.54 Å². The summed E-state index contributed by atoms with van der Waals surface area (Å²) in [5.74, 6) is 1.24. The summed E-state index contributed by atoms with van der Waals surface area (Å²) in [5, 5.41) is 0. The maximum absolute atomic E-state index is 5.63. The molecule has 0 spiro atoms. The Bertz CT molecular complexity index is 266. The fraction of sp³-hybridized carbons (Fsp3) is 0.500. The average Bonchev–Trinajstić information content (AvgIpc) is 2.15. The molecule has 0 saturated carbocycles. The zero-order chi connectivity index (χ0) is 10.6. The highest BCUT2D eigenvalue weighted by atomic mass is 79.9. The molecule has 0 heterocycles. The molecule has 0 bridgehead atoms. The number of rotatable bonds is 4. The summed E-state index contributed by atoms with van der Waals surface area (Å²) in [7, 11) is 0. The van der Waals surface area contributed by atoms with E-state index in [1.165, 1.54) is 5.56 Å². The van der Waals surface area contributed by atoms with Crippen molar-refractivity contribution in [2.24, 2.45) is 11.7 Å². The van der Waals surface area contributed by atoms with E-state index in [-0.39, 0.29) is 0 Å². The third-order valence-electron chi connectivity index (χ3n) is 2.58. The van der Waals surface area contributed by atoms with Gasteiger partial charge >= 0.3 is 0 Å². The molecule has 0 amide bonds. The molecule has 1 nitrogen and oxygen atoms in total.